The van der Waals surface area contributed by atoms with Gasteiger partial charge in [0, 0.05) is 0 Å². The largest absolute Gasteiger partial charge is 0.519 e. The Bertz CT molecular complexity index is 747. The number of hydrogen-bond acceptors (Lipinski definition) is 3. The number of unbranched alkanes of at least 4 members (excludes halogenated alkanes) is 4. The summed E-state index contributed by atoms with van der Waals surface area (Å²) in [5, 5.41) is 0. The molecule has 3 nitrogen and oxygen atoms in total. The maximum atomic E-state index is 12.2. The summed E-state index contributed by atoms with van der Waals surface area (Å²) in [5.41, 5.74) is 2.73. The number of hydrogen-bond donors (Lipinski definition) is 0. The van der Waals surface area contributed by atoms with E-state index in [1.807, 2.05) is 48.5 Å². The predicted octanol–water partition coefficient (Wildman–Crippen LogP) is 8.98. The Morgan fingerprint density at radius 1 is 0.625 bits per heavy atom. The summed E-state index contributed by atoms with van der Waals surface area (Å²) in [7, 11) is 0. The van der Waals surface area contributed by atoms with Gasteiger partial charge in [-0.2, -0.15) is 0 Å². The average Bonchev–Trinajstić information content (AvgIpc) is 2.74. The number of carbonyl (C=O) groups is 1. The first-order valence-electron chi connectivity index (χ1n) is 12.3. The van der Waals surface area contributed by atoms with Gasteiger partial charge in [-0.25, -0.2) is 4.79 Å². The van der Waals surface area contributed by atoms with E-state index in [2.05, 4.69) is 41.5 Å². The lowest BCUT2D eigenvalue weighted by Crippen LogP contribution is -2.18. The third kappa shape index (κ3) is 8.00. The van der Waals surface area contributed by atoms with Crippen molar-refractivity contribution in [2.75, 3.05) is 0 Å². The first-order valence-corrected chi connectivity index (χ1v) is 12.3. The van der Waals surface area contributed by atoms with Gasteiger partial charge >= 0.3 is 6.16 Å². The molecule has 0 unspecified atom stereocenters. The molecular weight excluding hydrogens is 396 g/mol. The van der Waals surface area contributed by atoms with Crippen molar-refractivity contribution in [2.45, 2.75) is 104 Å². The maximum Gasteiger partial charge on any atom is 0.519 e. The van der Waals surface area contributed by atoms with Crippen LogP contribution in [-0.4, -0.2) is 6.16 Å². The fourth-order valence-corrected chi connectivity index (χ4v) is 4.08. The van der Waals surface area contributed by atoms with Crippen molar-refractivity contribution in [3.8, 4) is 11.5 Å². The molecule has 0 aliphatic rings. The summed E-state index contributed by atoms with van der Waals surface area (Å²) < 4.78 is 10.8. The Morgan fingerprint density at radius 3 is 1.28 bits per heavy atom. The van der Waals surface area contributed by atoms with E-state index >= 15 is 0 Å². The van der Waals surface area contributed by atoms with Gasteiger partial charge in [0.25, 0.3) is 0 Å². The number of ether oxygens (including phenoxy) is 2. The normalized spacial score (nSPS) is 11.9. The molecule has 0 fully saturated rings. The minimum absolute atomic E-state index is 0.111. The minimum Gasteiger partial charge on any atom is -0.395 e. The molecule has 0 heterocycles. The van der Waals surface area contributed by atoms with Crippen LogP contribution in [0.4, 0.5) is 4.79 Å². The van der Waals surface area contributed by atoms with Gasteiger partial charge in [-0.1, -0.05) is 104 Å². The van der Waals surface area contributed by atoms with Crippen molar-refractivity contribution in [1.82, 2.24) is 0 Å². The molecule has 0 spiro atoms. The molecule has 0 saturated carbocycles. The molecule has 32 heavy (non-hydrogen) atoms. The highest BCUT2D eigenvalue weighted by Crippen LogP contribution is 2.32. The first kappa shape index (κ1) is 26.0. The summed E-state index contributed by atoms with van der Waals surface area (Å²) >= 11 is 0. The zero-order valence-corrected chi connectivity index (χ0v) is 21.0. The molecule has 0 saturated heterocycles. The van der Waals surface area contributed by atoms with Crippen molar-refractivity contribution in [3.63, 3.8) is 0 Å². The maximum absolute atomic E-state index is 12.2. The van der Waals surface area contributed by atoms with Crippen LogP contribution in [0.2, 0.25) is 0 Å². The highest BCUT2D eigenvalue weighted by Gasteiger charge is 2.21. The molecule has 0 radical (unpaired) electrons. The van der Waals surface area contributed by atoms with Crippen LogP contribution in [0.3, 0.4) is 0 Å². The van der Waals surface area contributed by atoms with Crippen LogP contribution in [0.5, 0.6) is 11.5 Å². The third-order valence-corrected chi connectivity index (χ3v) is 6.48. The molecule has 0 aliphatic carbocycles. The molecular formula is C29H42O3. The second-order valence-corrected chi connectivity index (χ2v) is 10.2. The van der Waals surface area contributed by atoms with Gasteiger partial charge in [-0.15, -0.1) is 0 Å². The summed E-state index contributed by atoms with van der Waals surface area (Å²) in [6, 6.07) is 15.6. The molecule has 0 aliphatic heterocycles. The highest BCUT2D eigenvalue weighted by atomic mass is 16.7. The second kappa shape index (κ2) is 12.1. The fraction of sp³-hybridized carbons (Fsp3) is 0.552. The third-order valence-electron chi connectivity index (χ3n) is 6.48. The highest BCUT2D eigenvalue weighted by molar-refractivity contribution is 5.67. The standard InChI is InChI=1S/C29H42O3/c1-7-9-11-21-28(3,4)23-13-17-25(18-14-23)31-27(30)32-26-19-15-24(16-20-26)29(5,6)22-12-10-8-2/h13-20H,7-12,21-22H2,1-6H3. The van der Waals surface area contributed by atoms with Gasteiger partial charge in [0.2, 0.25) is 0 Å². The molecule has 0 N–H and O–H groups in total. The van der Waals surface area contributed by atoms with Gasteiger partial charge in [0.05, 0.1) is 0 Å². The van der Waals surface area contributed by atoms with Crippen LogP contribution in [0, 0.1) is 0 Å². The van der Waals surface area contributed by atoms with Crippen LogP contribution >= 0.6 is 0 Å². The Labute approximate surface area is 195 Å². The fourth-order valence-electron chi connectivity index (χ4n) is 4.08. The van der Waals surface area contributed by atoms with Crippen LogP contribution < -0.4 is 9.47 Å². The van der Waals surface area contributed by atoms with Crippen molar-refractivity contribution >= 4 is 6.16 Å². The van der Waals surface area contributed by atoms with E-state index in [0.29, 0.717) is 11.5 Å². The Balaban J connectivity index is 1.91. The molecule has 0 aromatic heterocycles. The molecule has 0 bridgehead atoms. The second-order valence-electron chi connectivity index (χ2n) is 10.2. The van der Waals surface area contributed by atoms with E-state index in [9.17, 15) is 4.79 Å². The molecule has 0 atom stereocenters. The Morgan fingerprint density at radius 2 is 0.969 bits per heavy atom. The summed E-state index contributed by atoms with van der Waals surface area (Å²) in [5.74, 6) is 0.994. The minimum atomic E-state index is -0.713. The van der Waals surface area contributed by atoms with Crippen molar-refractivity contribution < 1.29 is 14.3 Å². The van der Waals surface area contributed by atoms with E-state index in [4.69, 9.17) is 9.47 Å². The van der Waals surface area contributed by atoms with Crippen molar-refractivity contribution in [3.05, 3.63) is 59.7 Å². The Hall–Kier alpha value is -2.29. The van der Waals surface area contributed by atoms with E-state index < -0.39 is 6.16 Å². The summed E-state index contributed by atoms with van der Waals surface area (Å²) in [6.45, 7) is 13.5. The smallest absolute Gasteiger partial charge is 0.395 e. The molecule has 0 amide bonds. The van der Waals surface area contributed by atoms with Crippen molar-refractivity contribution in [1.29, 1.82) is 0 Å². The first-order chi connectivity index (χ1) is 15.2. The molecule has 2 aromatic rings. The molecule has 2 aromatic carbocycles. The summed E-state index contributed by atoms with van der Waals surface area (Å²) in [4.78, 5) is 12.2. The van der Waals surface area contributed by atoms with Gasteiger partial charge in [-0.05, 0) is 59.1 Å². The number of benzene rings is 2. The van der Waals surface area contributed by atoms with Gasteiger partial charge in [0.1, 0.15) is 11.5 Å². The topological polar surface area (TPSA) is 35.5 Å². The molecule has 3 heteroatoms. The number of rotatable bonds is 12. The van der Waals surface area contributed by atoms with E-state index in [1.165, 1.54) is 49.7 Å². The monoisotopic (exact) mass is 438 g/mol. The van der Waals surface area contributed by atoms with Crippen molar-refractivity contribution in [2.24, 2.45) is 0 Å². The van der Waals surface area contributed by atoms with Gasteiger partial charge in [-0.3, -0.25) is 0 Å². The zero-order chi connectivity index (χ0) is 23.6. The Kier molecular flexibility index (Phi) is 9.81. The van der Waals surface area contributed by atoms with E-state index in [-0.39, 0.29) is 10.8 Å². The van der Waals surface area contributed by atoms with Crippen LogP contribution in [-0.2, 0) is 10.8 Å². The quantitative estimate of drug-likeness (QED) is 0.188. The molecule has 2 rings (SSSR count). The average molecular weight is 439 g/mol. The van der Waals surface area contributed by atoms with E-state index in [0.717, 1.165) is 12.8 Å². The van der Waals surface area contributed by atoms with Crippen LogP contribution in [0.1, 0.15) is 104 Å². The lowest BCUT2D eigenvalue weighted by molar-refractivity contribution is 0.152. The predicted molar refractivity (Wildman–Crippen MR) is 134 cm³/mol. The SMILES string of the molecule is CCCCCC(C)(C)c1ccc(OC(=O)Oc2ccc(C(C)(C)CCCCC)cc2)cc1. The molecule has 176 valence electrons. The zero-order valence-electron chi connectivity index (χ0n) is 21.0. The van der Waals surface area contributed by atoms with Gasteiger partial charge < -0.3 is 9.47 Å². The van der Waals surface area contributed by atoms with Gasteiger partial charge in [0.15, 0.2) is 0 Å². The summed E-state index contributed by atoms with van der Waals surface area (Å²) in [6.07, 6.45) is 9.00. The lowest BCUT2D eigenvalue weighted by Gasteiger charge is -2.25. The van der Waals surface area contributed by atoms with E-state index in [1.54, 1.807) is 0 Å². The number of carbonyl (C=O) groups excluding carboxylic acids is 1. The van der Waals surface area contributed by atoms with Crippen LogP contribution in [0.25, 0.3) is 0 Å². The van der Waals surface area contributed by atoms with Crippen LogP contribution in [0.15, 0.2) is 48.5 Å². The lowest BCUT2D eigenvalue weighted by atomic mass is 9.80.